The number of carboxylic acids is 1. The van der Waals surface area contributed by atoms with Crippen LogP contribution in [-0.4, -0.2) is 16.9 Å². The van der Waals surface area contributed by atoms with Crippen LogP contribution in [0.3, 0.4) is 0 Å². The molecule has 0 aromatic rings. The van der Waals surface area contributed by atoms with Crippen LogP contribution in [0.4, 0.5) is 0 Å². The van der Waals surface area contributed by atoms with Gasteiger partial charge in [0.15, 0.2) is 0 Å². The fraction of sp³-hybridized carbons (Fsp3) is 0.538. The van der Waals surface area contributed by atoms with Gasteiger partial charge in [0.05, 0.1) is 5.92 Å². The predicted molar refractivity (Wildman–Crippen MR) is 76.8 cm³/mol. The topological polar surface area (TPSA) is 102 Å². The summed E-state index contributed by atoms with van der Waals surface area (Å²) in [6, 6.07) is 0. The Morgan fingerprint density at radius 2 is 1.83 bits per heavy atom. The molecule has 0 rings (SSSR count). The molecule has 0 spiro atoms. The van der Waals surface area contributed by atoms with Crippen molar-refractivity contribution < 1.29 is 9.90 Å². The second kappa shape index (κ2) is 15.0. The molecule has 5 nitrogen and oxygen atoms in total. The van der Waals surface area contributed by atoms with Crippen LogP contribution in [0.25, 0.3) is 0 Å². The Kier molecular flexibility index (Phi) is 17.8. The van der Waals surface area contributed by atoms with E-state index >= 15 is 0 Å². The quantitative estimate of drug-likeness (QED) is 0.174. The minimum absolute atomic E-state index is 0.191. The Hall–Kier alpha value is -1.96. The predicted octanol–water partition coefficient (Wildman–Crippen LogP) is 1.94. The standard InChI is InChI=1S/C7H15N3O2.C4H8.C2H2/c1-2-3-5(7(11)12)4-6(8)10-9;1-4(2)3;1-2/h5H,2-4,9H2,1H3,(H2,8,10)(H,11,12);1H2,2-3H3;1-2H/t5-;;/m0../s1. The third kappa shape index (κ3) is 19.6. The van der Waals surface area contributed by atoms with Crippen molar-refractivity contribution in [2.75, 3.05) is 0 Å². The van der Waals surface area contributed by atoms with Crippen LogP contribution in [-0.2, 0) is 4.79 Å². The van der Waals surface area contributed by atoms with E-state index in [1.807, 2.05) is 20.8 Å². The average molecular weight is 255 g/mol. The Labute approximate surface area is 110 Å². The van der Waals surface area contributed by atoms with Gasteiger partial charge in [0.1, 0.15) is 5.84 Å². The van der Waals surface area contributed by atoms with E-state index in [-0.39, 0.29) is 12.3 Å². The van der Waals surface area contributed by atoms with E-state index < -0.39 is 11.9 Å². The van der Waals surface area contributed by atoms with Crippen LogP contribution in [0.5, 0.6) is 0 Å². The van der Waals surface area contributed by atoms with E-state index in [1.165, 1.54) is 5.57 Å². The molecular formula is C13H25N3O2. The number of allylic oxidation sites excluding steroid dienone is 1. The maximum Gasteiger partial charge on any atom is 0.306 e. The molecule has 0 aromatic carbocycles. The fourth-order valence-electron chi connectivity index (χ4n) is 0.966. The lowest BCUT2D eigenvalue weighted by molar-refractivity contribution is -0.141. The van der Waals surface area contributed by atoms with Gasteiger partial charge in [0.25, 0.3) is 0 Å². The normalized spacial score (nSPS) is 11.1. The van der Waals surface area contributed by atoms with E-state index in [2.05, 4.69) is 24.5 Å². The number of nitrogens with two attached hydrogens (primary N) is 2. The maximum atomic E-state index is 10.6. The van der Waals surface area contributed by atoms with Gasteiger partial charge in [-0.05, 0) is 20.3 Å². The third-order valence-electron chi connectivity index (χ3n) is 1.61. The van der Waals surface area contributed by atoms with E-state index in [0.717, 1.165) is 6.42 Å². The Morgan fingerprint density at radius 3 is 2.06 bits per heavy atom. The van der Waals surface area contributed by atoms with Crippen molar-refractivity contribution in [3.05, 3.63) is 12.2 Å². The molecular weight excluding hydrogens is 230 g/mol. The summed E-state index contributed by atoms with van der Waals surface area (Å²) >= 11 is 0. The molecule has 0 aliphatic carbocycles. The highest BCUT2D eigenvalue weighted by atomic mass is 16.4. The summed E-state index contributed by atoms with van der Waals surface area (Å²) < 4.78 is 0. The Balaban J connectivity index is -0.000000317. The fourth-order valence-corrected chi connectivity index (χ4v) is 0.966. The van der Waals surface area contributed by atoms with Crippen molar-refractivity contribution in [1.82, 2.24) is 0 Å². The minimum Gasteiger partial charge on any atom is -0.481 e. The van der Waals surface area contributed by atoms with E-state index in [4.69, 9.17) is 16.7 Å². The van der Waals surface area contributed by atoms with Gasteiger partial charge < -0.3 is 16.7 Å². The number of rotatable bonds is 5. The molecule has 0 fully saturated rings. The summed E-state index contributed by atoms with van der Waals surface area (Å²) in [5.74, 6) is 3.78. The summed E-state index contributed by atoms with van der Waals surface area (Å²) in [5, 5.41) is 11.9. The molecule has 0 heterocycles. The van der Waals surface area contributed by atoms with Crippen LogP contribution in [0.15, 0.2) is 17.3 Å². The smallest absolute Gasteiger partial charge is 0.306 e. The zero-order chi connectivity index (χ0) is 15.1. The third-order valence-corrected chi connectivity index (χ3v) is 1.61. The summed E-state index contributed by atoms with van der Waals surface area (Å²) in [6.45, 7) is 9.42. The maximum absolute atomic E-state index is 10.6. The summed E-state index contributed by atoms with van der Waals surface area (Å²) in [7, 11) is 0. The lowest BCUT2D eigenvalue weighted by atomic mass is 10.00. The van der Waals surface area contributed by atoms with E-state index in [9.17, 15) is 4.79 Å². The van der Waals surface area contributed by atoms with Crippen molar-refractivity contribution in [2.45, 2.75) is 40.0 Å². The van der Waals surface area contributed by atoms with Gasteiger partial charge in [-0.1, -0.05) is 18.9 Å². The first kappa shape index (κ1) is 21.3. The summed E-state index contributed by atoms with van der Waals surface area (Å²) in [6.07, 6.45) is 9.65. The Bertz CT molecular complexity index is 279. The molecule has 0 saturated heterocycles. The number of carbonyl (C=O) groups is 1. The van der Waals surface area contributed by atoms with Gasteiger partial charge in [-0.3, -0.25) is 4.79 Å². The lowest BCUT2D eigenvalue weighted by Gasteiger charge is -2.09. The first-order valence-electron chi connectivity index (χ1n) is 5.55. The number of hydrogen-bond donors (Lipinski definition) is 3. The monoisotopic (exact) mass is 255 g/mol. The van der Waals surface area contributed by atoms with E-state index in [1.54, 1.807) is 0 Å². The molecule has 0 radical (unpaired) electrons. The molecule has 5 N–H and O–H groups in total. The SMILES string of the molecule is C#C.C=C(C)C.CCC[C@@H](C/C(N)=N/N)C(=O)O. The molecule has 0 unspecified atom stereocenters. The van der Waals surface area contributed by atoms with Crippen LogP contribution in [0, 0.1) is 18.8 Å². The number of carboxylic acid groups (broad SMARTS) is 1. The van der Waals surface area contributed by atoms with Crippen molar-refractivity contribution >= 4 is 11.8 Å². The second-order valence-electron chi connectivity index (χ2n) is 3.86. The highest BCUT2D eigenvalue weighted by molar-refractivity contribution is 5.84. The lowest BCUT2D eigenvalue weighted by Crippen LogP contribution is -2.23. The van der Waals surface area contributed by atoms with Gasteiger partial charge in [-0.2, -0.15) is 5.10 Å². The molecule has 0 aromatic heterocycles. The first-order valence-corrected chi connectivity index (χ1v) is 5.55. The molecule has 104 valence electrons. The number of nitrogens with zero attached hydrogens (tertiary/aromatic N) is 1. The van der Waals surface area contributed by atoms with Gasteiger partial charge in [0.2, 0.25) is 0 Å². The number of terminal acetylenes is 1. The van der Waals surface area contributed by atoms with Gasteiger partial charge in [0, 0.05) is 6.42 Å². The van der Waals surface area contributed by atoms with Crippen molar-refractivity contribution in [3.8, 4) is 12.8 Å². The molecule has 1 atom stereocenters. The zero-order valence-corrected chi connectivity index (χ0v) is 11.5. The minimum atomic E-state index is -0.844. The average Bonchev–Trinajstić information content (AvgIpc) is 2.30. The van der Waals surface area contributed by atoms with Crippen LogP contribution >= 0.6 is 0 Å². The van der Waals surface area contributed by atoms with Crippen molar-refractivity contribution in [2.24, 2.45) is 22.6 Å². The zero-order valence-electron chi connectivity index (χ0n) is 11.5. The van der Waals surface area contributed by atoms with Crippen molar-refractivity contribution in [3.63, 3.8) is 0 Å². The van der Waals surface area contributed by atoms with Crippen LogP contribution in [0.2, 0.25) is 0 Å². The molecule has 18 heavy (non-hydrogen) atoms. The highest BCUT2D eigenvalue weighted by Gasteiger charge is 2.17. The van der Waals surface area contributed by atoms with Crippen LogP contribution in [0.1, 0.15) is 40.0 Å². The summed E-state index contributed by atoms with van der Waals surface area (Å²) in [5.41, 5.74) is 6.47. The Morgan fingerprint density at radius 1 is 1.44 bits per heavy atom. The first-order chi connectivity index (χ1) is 8.34. The molecule has 0 aliphatic heterocycles. The number of hydrogen-bond acceptors (Lipinski definition) is 3. The summed E-state index contributed by atoms with van der Waals surface area (Å²) in [4.78, 5) is 10.6. The number of aliphatic carboxylic acids is 1. The largest absolute Gasteiger partial charge is 0.481 e. The number of amidine groups is 1. The van der Waals surface area contributed by atoms with Gasteiger partial charge in [-0.15, -0.1) is 19.4 Å². The molecule has 0 amide bonds. The molecule has 0 aliphatic rings. The second-order valence-corrected chi connectivity index (χ2v) is 3.86. The van der Waals surface area contributed by atoms with Gasteiger partial charge in [-0.25, -0.2) is 0 Å². The molecule has 0 bridgehead atoms. The molecule has 5 heteroatoms. The van der Waals surface area contributed by atoms with Gasteiger partial charge >= 0.3 is 5.97 Å². The van der Waals surface area contributed by atoms with Crippen molar-refractivity contribution in [1.29, 1.82) is 0 Å². The number of hydrazone groups is 1. The van der Waals surface area contributed by atoms with Crippen LogP contribution < -0.4 is 11.6 Å². The van der Waals surface area contributed by atoms with E-state index in [0.29, 0.717) is 6.42 Å². The highest BCUT2D eigenvalue weighted by Crippen LogP contribution is 2.10. The molecule has 0 saturated carbocycles.